The summed E-state index contributed by atoms with van der Waals surface area (Å²) in [7, 11) is 2.12. The minimum Gasteiger partial charge on any atom is -0.296 e. The van der Waals surface area contributed by atoms with Gasteiger partial charge in [0.05, 0.1) is 15.9 Å². The van der Waals surface area contributed by atoms with Gasteiger partial charge in [0.2, 0.25) is 0 Å². The van der Waals surface area contributed by atoms with Crippen LogP contribution in [0.3, 0.4) is 0 Å². The van der Waals surface area contributed by atoms with Gasteiger partial charge in [0.25, 0.3) is 0 Å². The van der Waals surface area contributed by atoms with Gasteiger partial charge in [-0.1, -0.05) is 0 Å². The number of nitrogens with zero attached hydrogens (tertiary/aromatic N) is 4. The van der Waals surface area contributed by atoms with E-state index >= 15 is 0 Å². The van der Waals surface area contributed by atoms with Gasteiger partial charge in [0, 0.05) is 32.0 Å². The lowest BCUT2D eigenvalue weighted by Gasteiger charge is -2.17. The molecule has 0 fully saturated rings. The molecular formula is C14H19BrN4. The van der Waals surface area contributed by atoms with E-state index in [1.165, 1.54) is 11.3 Å². The fourth-order valence-electron chi connectivity index (χ4n) is 2.13. The van der Waals surface area contributed by atoms with Crippen LogP contribution in [0.25, 0.3) is 0 Å². The molecular weight excluding hydrogens is 304 g/mol. The molecule has 0 saturated carbocycles. The quantitative estimate of drug-likeness (QED) is 0.848. The summed E-state index contributed by atoms with van der Waals surface area (Å²) < 4.78 is 3.18. The molecule has 0 aliphatic rings. The number of hydrogen-bond donors (Lipinski definition) is 0. The van der Waals surface area contributed by atoms with Gasteiger partial charge in [0.15, 0.2) is 0 Å². The number of hydrogen-bond acceptors (Lipinski definition) is 3. The van der Waals surface area contributed by atoms with Gasteiger partial charge < -0.3 is 0 Å². The normalized spacial score (nSPS) is 11.2. The molecule has 0 aliphatic carbocycles. The van der Waals surface area contributed by atoms with Crippen LogP contribution in [0.1, 0.15) is 23.9 Å². The predicted molar refractivity (Wildman–Crippen MR) is 79.7 cm³/mol. The maximum atomic E-state index is 4.52. The van der Waals surface area contributed by atoms with Gasteiger partial charge >= 0.3 is 0 Å². The Labute approximate surface area is 122 Å². The number of aromatic nitrogens is 3. The topological polar surface area (TPSA) is 34.0 Å². The SMILES string of the molecule is CCn1nc(C)c(Br)c1CN(C)Cc1ccncc1. The lowest BCUT2D eigenvalue weighted by Crippen LogP contribution is -2.20. The smallest absolute Gasteiger partial charge is 0.0739 e. The summed E-state index contributed by atoms with van der Waals surface area (Å²) in [6.45, 7) is 6.82. The molecule has 0 atom stereocenters. The van der Waals surface area contributed by atoms with Crippen molar-refractivity contribution in [1.82, 2.24) is 19.7 Å². The number of halogens is 1. The average Bonchev–Trinajstić information content (AvgIpc) is 2.67. The summed E-state index contributed by atoms with van der Waals surface area (Å²) in [5.41, 5.74) is 3.55. The first kappa shape index (κ1) is 14.2. The molecule has 102 valence electrons. The first-order valence-electron chi connectivity index (χ1n) is 6.41. The van der Waals surface area contributed by atoms with E-state index in [9.17, 15) is 0 Å². The lowest BCUT2D eigenvalue weighted by molar-refractivity contribution is 0.306. The average molecular weight is 323 g/mol. The zero-order chi connectivity index (χ0) is 13.8. The van der Waals surface area contributed by atoms with Crippen molar-refractivity contribution >= 4 is 15.9 Å². The number of aryl methyl sites for hydroxylation is 2. The summed E-state index contributed by atoms with van der Waals surface area (Å²) in [6, 6.07) is 4.10. The van der Waals surface area contributed by atoms with E-state index in [-0.39, 0.29) is 0 Å². The number of rotatable bonds is 5. The van der Waals surface area contributed by atoms with E-state index < -0.39 is 0 Å². The molecule has 0 unspecified atom stereocenters. The zero-order valence-electron chi connectivity index (χ0n) is 11.6. The van der Waals surface area contributed by atoms with Crippen LogP contribution in [0.2, 0.25) is 0 Å². The van der Waals surface area contributed by atoms with E-state index in [0.717, 1.165) is 29.8 Å². The van der Waals surface area contributed by atoms with E-state index in [1.807, 2.05) is 31.5 Å². The second kappa shape index (κ2) is 6.30. The highest BCUT2D eigenvalue weighted by Gasteiger charge is 2.13. The van der Waals surface area contributed by atoms with Gasteiger partial charge in [0.1, 0.15) is 0 Å². The van der Waals surface area contributed by atoms with Crippen molar-refractivity contribution in [2.45, 2.75) is 33.5 Å². The fourth-order valence-corrected chi connectivity index (χ4v) is 2.54. The Morgan fingerprint density at radius 1 is 1.26 bits per heavy atom. The Morgan fingerprint density at radius 2 is 1.95 bits per heavy atom. The molecule has 0 spiro atoms. The molecule has 4 nitrogen and oxygen atoms in total. The molecule has 2 rings (SSSR count). The van der Waals surface area contributed by atoms with Crippen molar-refractivity contribution in [3.05, 3.63) is 46.0 Å². The molecule has 5 heteroatoms. The molecule has 0 saturated heterocycles. The molecule has 2 aromatic heterocycles. The first-order valence-corrected chi connectivity index (χ1v) is 7.20. The summed E-state index contributed by atoms with van der Waals surface area (Å²) in [6.07, 6.45) is 3.67. The van der Waals surface area contributed by atoms with Crippen molar-refractivity contribution in [3.63, 3.8) is 0 Å². The Morgan fingerprint density at radius 3 is 2.58 bits per heavy atom. The van der Waals surface area contributed by atoms with E-state index in [0.29, 0.717) is 0 Å². The van der Waals surface area contributed by atoms with Crippen LogP contribution in [0.15, 0.2) is 29.0 Å². The van der Waals surface area contributed by atoms with Gasteiger partial charge in [-0.25, -0.2) is 0 Å². The molecule has 19 heavy (non-hydrogen) atoms. The van der Waals surface area contributed by atoms with E-state index in [2.05, 4.69) is 49.6 Å². The fraction of sp³-hybridized carbons (Fsp3) is 0.429. The molecule has 0 N–H and O–H groups in total. The van der Waals surface area contributed by atoms with E-state index in [4.69, 9.17) is 0 Å². The predicted octanol–water partition coefficient (Wildman–Crippen LogP) is 3.00. The molecule has 2 aromatic rings. The maximum absolute atomic E-state index is 4.52. The molecule has 0 amide bonds. The maximum Gasteiger partial charge on any atom is 0.0739 e. The Kier molecular flexibility index (Phi) is 4.71. The summed E-state index contributed by atoms with van der Waals surface area (Å²) >= 11 is 3.64. The van der Waals surface area contributed by atoms with Crippen LogP contribution < -0.4 is 0 Å². The minimum absolute atomic E-state index is 0.873. The Balaban J connectivity index is 2.09. The third kappa shape index (κ3) is 3.42. The second-order valence-corrected chi connectivity index (χ2v) is 5.48. The highest BCUT2D eigenvalue weighted by Crippen LogP contribution is 2.22. The third-order valence-electron chi connectivity index (χ3n) is 3.07. The highest BCUT2D eigenvalue weighted by molar-refractivity contribution is 9.10. The number of pyridine rings is 1. The highest BCUT2D eigenvalue weighted by atomic mass is 79.9. The van der Waals surface area contributed by atoms with Gasteiger partial charge in [-0.3, -0.25) is 14.6 Å². The molecule has 2 heterocycles. The van der Waals surface area contributed by atoms with Crippen LogP contribution >= 0.6 is 15.9 Å². The molecule has 0 aromatic carbocycles. The van der Waals surface area contributed by atoms with Crippen LogP contribution in [-0.2, 0) is 19.6 Å². The molecule has 0 radical (unpaired) electrons. The van der Waals surface area contributed by atoms with Gasteiger partial charge in [-0.05, 0) is 54.5 Å². The van der Waals surface area contributed by atoms with Gasteiger partial charge in [-0.15, -0.1) is 0 Å². The standard InChI is InChI=1S/C14H19BrN4/c1-4-19-13(14(15)11(2)17-19)10-18(3)9-12-5-7-16-8-6-12/h5-8H,4,9-10H2,1-3H3. The zero-order valence-corrected chi connectivity index (χ0v) is 13.2. The van der Waals surface area contributed by atoms with Gasteiger partial charge in [-0.2, -0.15) is 5.10 Å². The Hall–Kier alpha value is -1.20. The third-order valence-corrected chi connectivity index (χ3v) is 4.11. The second-order valence-electron chi connectivity index (χ2n) is 4.69. The van der Waals surface area contributed by atoms with Crippen LogP contribution in [0.4, 0.5) is 0 Å². The van der Waals surface area contributed by atoms with Crippen molar-refractivity contribution < 1.29 is 0 Å². The molecule has 0 aliphatic heterocycles. The van der Waals surface area contributed by atoms with Crippen molar-refractivity contribution in [3.8, 4) is 0 Å². The summed E-state index contributed by atoms with van der Waals surface area (Å²) in [4.78, 5) is 6.32. The van der Waals surface area contributed by atoms with E-state index in [1.54, 1.807) is 0 Å². The van der Waals surface area contributed by atoms with Crippen molar-refractivity contribution in [2.75, 3.05) is 7.05 Å². The minimum atomic E-state index is 0.873. The van der Waals surface area contributed by atoms with Crippen LogP contribution in [-0.4, -0.2) is 26.7 Å². The summed E-state index contributed by atoms with van der Waals surface area (Å²) in [5, 5.41) is 4.52. The van der Waals surface area contributed by atoms with Crippen LogP contribution in [0.5, 0.6) is 0 Å². The lowest BCUT2D eigenvalue weighted by atomic mass is 10.2. The largest absolute Gasteiger partial charge is 0.296 e. The van der Waals surface area contributed by atoms with Crippen molar-refractivity contribution in [1.29, 1.82) is 0 Å². The molecule has 0 bridgehead atoms. The van der Waals surface area contributed by atoms with Crippen molar-refractivity contribution in [2.24, 2.45) is 0 Å². The summed E-state index contributed by atoms with van der Waals surface area (Å²) in [5.74, 6) is 0. The van der Waals surface area contributed by atoms with Crippen LogP contribution in [0, 0.1) is 6.92 Å². The first-order chi connectivity index (χ1) is 9.11. The monoisotopic (exact) mass is 322 g/mol. The Bertz CT molecular complexity index is 536.